The van der Waals surface area contributed by atoms with E-state index in [0.717, 1.165) is 33.5 Å². The predicted octanol–water partition coefficient (Wildman–Crippen LogP) is 4.41. The van der Waals surface area contributed by atoms with Gasteiger partial charge >= 0.3 is 0 Å². The third-order valence-corrected chi connectivity index (χ3v) is 6.26. The quantitative estimate of drug-likeness (QED) is 0.386. The Balaban J connectivity index is 1.59. The van der Waals surface area contributed by atoms with E-state index in [0.29, 0.717) is 24.9 Å². The predicted molar refractivity (Wildman–Crippen MR) is 116 cm³/mol. The maximum atomic E-state index is 5.67. The summed E-state index contributed by atoms with van der Waals surface area (Å²) in [6.07, 6.45) is 3.69. The smallest absolute Gasteiger partial charge is 0.190 e. The molecule has 2 aromatic heterocycles. The lowest BCUT2D eigenvalue weighted by molar-refractivity contribution is 0.412. The molecule has 0 amide bonds. The normalized spacial score (nSPS) is 14.6. The Bertz CT molecular complexity index is 930. The molecule has 1 fully saturated rings. The van der Waals surface area contributed by atoms with Gasteiger partial charge in [0.1, 0.15) is 5.52 Å². The van der Waals surface area contributed by atoms with Gasteiger partial charge in [-0.25, -0.2) is 9.97 Å². The summed E-state index contributed by atoms with van der Waals surface area (Å²) >= 11 is 1.60. The number of nitrogens with one attached hydrogen (secondary N) is 2. The van der Waals surface area contributed by atoms with Crippen molar-refractivity contribution in [3.63, 3.8) is 0 Å². The second kappa shape index (κ2) is 8.49. The molecule has 0 aliphatic heterocycles. The van der Waals surface area contributed by atoms with Crippen molar-refractivity contribution in [1.29, 1.82) is 0 Å². The van der Waals surface area contributed by atoms with Crippen LogP contribution < -0.4 is 11.1 Å². The molecule has 4 rings (SSSR count). The van der Waals surface area contributed by atoms with E-state index in [9.17, 15) is 0 Å². The van der Waals surface area contributed by atoms with Crippen LogP contribution in [0.4, 0.5) is 5.82 Å². The van der Waals surface area contributed by atoms with Gasteiger partial charge in [-0.15, -0.1) is 0 Å². The molecule has 0 spiro atoms. The highest BCUT2D eigenvalue weighted by molar-refractivity contribution is 7.99. The second-order valence-electron chi connectivity index (χ2n) is 7.70. The third kappa shape index (κ3) is 4.00. The molecular weight excluding hydrogens is 368 g/mol. The van der Waals surface area contributed by atoms with Crippen LogP contribution in [0, 0.1) is 0 Å². The number of aromatic nitrogens is 4. The van der Waals surface area contributed by atoms with Crippen LogP contribution in [0.15, 0.2) is 29.4 Å². The molecule has 1 saturated carbocycles. The van der Waals surface area contributed by atoms with Crippen molar-refractivity contribution >= 4 is 28.6 Å². The summed E-state index contributed by atoms with van der Waals surface area (Å²) in [5.41, 5.74) is 11.2. The molecule has 0 atom stereocenters. The van der Waals surface area contributed by atoms with Gasteiger partial charge in [-0.1, -0.05) is 56.3 Å². The van der Waals surface area contributed by atoms with Gasteiger partial charge < -0.3 is 11.1 Å². The number of nitrogens with two attached hydrogens (primary N) is 1. The molecule has 28 heavy (non-hydrogen) atoms. The fraction of sp³-hybridized carbons (Fsp3) is 0.476. The van der Waals surface area contributed by atoms with E-state index >= 15 is 0 Å². The Kier molecular flexibility index (Phi) is 5.82. The number of aromatic amines is 1. The van der Waals surface area contributed by atoms with Crippen molar-refractivity contribution in [2.24, 2.45) is 5.73 Å². The summed E-state index contributed by atoms with van der Waals surface area (Å²) in [6.45, 7) is 5.74. The lowest BCUT2D eigenvalue weighted by Crippen LogP contribution is -2.10. The molecule has 4 N–H and O–H groups in total. The minimum absolute atomic E-state index is 0.541. The maximum absolute atomic E-state index is 5.67. The van der Waals surface area contributed by atoms with E-state index in [2.05, 4.69) is 53.6 Å². The number of hydrogen-bond acceptors (Lipinski definition) is 6. The first-order chi connectivity index (χ1) is 13.7. The molecule has 3 aromatic rings. The van der Waals surface area contributed by atoms with E-state index in [1.54, 1.807) is 11.8 Å². The molecule has 1 aromatic carbocycles. The number of fused-ring (bicyclic) bond motifs is 1. The average molecular weight is 397 g/mol. The second-order valence-corrected chi connectivity index (χ2v) is 8.77. The highest BCUT2D eigenvalue weighted by Gasteiger charge is 2.26. The van der Waals surface area contributed by atoms with Crippen molar-refractivity contribution in [3.05, 3.63) is 41.1 Å². The summed E-state index contributed by atoms with van der Waals surface area (Å²) in [5.74, 6) is 2.68. The molecule has 1 aliphatic carbocycles. The molecule has 148 valence electrons. The average Bonchev–Trinajstić information content (AvgIpc) is 3.07. The van der Waals surface area contributed by atoms with Crippen molar-refractivity contribution in [2.45, 2.75) is 56.6 Å². The van der Waals surface area contributed by atoms with Crippen molar-refractivity contribution in [1.82, 2.24) is 20.2 Å². The SMILES string of the molecule is CC(C)c1ccc(CNc2nc(SCCN)nc3c(C4CCC4)[nH]nc23)cc1. The Morgan fingerprint density at radius 3 is 2.61 bits per heavy atom. The molecule has 0 bridgehead atoms. The van der Waals surface area contributed by atoms with Gasteiger partial charge in [-0.05, 0) is 29.9 Å². The molecule has 7 heteroatoms. The number of anilines is 1. The van der Waals surface area contributed by atoms with Crippen molar-refractivity contribution < 1.29 is 0 Å². The van der Waals surface area contributed by atoms with Crippen molar-refractivity contribution in [2.75, 3.05) is 17.6 Å². The topological polar surface area (TPSA) is 92.5 Å². The molecule has 0 unspecified atom stereocenters. The number of benzene rings is 1. The largest absolute Gasteiger partial charge is 0.364 e. The first-order valence-electron chi connectivity index (χ1n) is 10.1. The number of thioether (sulfide) groups is 1. The summed E-state index contributed by atoms with van der Waals surface area (Å²) in [5, 5.41) is 12.0. The van der Waals surface area contributed by atoms with E-state index in [1.807, 2.05) is 0 Å². The Hall–Kier alpha value is -2.12. The number of nitrogens with zero attached hydrogens (tertiary/aromatic N) is 3. The van der Waals surface area contributed by atoms with E-state index < -0.39 is 0 Å². The standard InChI is InChI=1S/C21H28N6S/c1-13(2)15-8-6-14(7-9-15)12-23-20-19-18(24-21(25-20)28-11-10-22)17(26-27-19)16-4-3-5-16/h6-9,13,16H,3-5,10-12,22H2,1-2H3,(H,26,27)(H,23,24,25). The molecule has 0 radical (unpaired) electrons. The Labute approximate surface area is 170 Å². The zero-order valence-electron chi connectivity index (χ0n) is 16.5. The van der Waals surface area contributed by atoms with Crippen LogP contribution in [0.2, 0.25) is 0 Å². The summed E-state index contributed by atoms with van der Waals surface area (Å²) < 4.78 is 0. The summed E-state index contributed by atoms with van der Waals surface area (Å²) in [7, 11) is 0. The third-order valence-electron chi connectivity index (χ3n) is 5.38. The number of rotatable bonds is 8. The maximum Gasteiger partial charge on any atom is 0.190 e. The van der Waals surface area contributed by atoms with Crippen LogP contribution in [0.5, 0.6) is 0 Å². The van der Waals surface area contributed by atoms with Crippen LogP contribution >= 0.6 is 11.8 Å². The van der Waals surface area contributed by atoms with Gasteiger partial charge in [-0.3, -0.25) is 5.10 Å². The van der Waals surface area contributed by atoms with E-state index in [1.165, 1.54) is 30.4 Å². The molecule has 2 heterocycles. The van der Waals surface area contributed by atoms with Gasteiger partial charge in [0.05, 0.1) is 5.69 Å². The summed E-state index contributed by atoms with van der Waals surface area (Å²) in [6, 6.07) is 8.75. The minimum Gasteiger partial charge on any atom is -0.364 e. The lowest BCUT2D eigenvalue weighted by atomic mass is 9.82. The van der Waals surface area contributed by atoms with Crippen LogP contribution in [0.1, 0.15) is 61.8 Å². The molecular formula is C21H28N6S. The Morgan fingerprint density at radius 1 is 1.18 bits per heavy atom. The van der Waals surface area contributed by atoms with Crippen LogP contribution in [0.3, 0.4) is 0 Å². The lowest BCUT2D eigenvalue weighted by Gasteiger charge is -2.23. The van der Waals surface area contributed by atoms with Gasteiger partial charge in [0.25, 0.3) is 0 Å². The van der Waals surface area contributed by atoms with Gasteiger partial charge in [0, 0.05) is 24.8 Å². The highest BCUT2D eigenvalue weighted by atomic mass is 32.2. The molecule has 1 aliphatic rings. The fourth-order valence-electron chi connectivity index (χ4n) is 3.42. The highest BCUT2D eigenvalue weighted by Crippen LogP contribution is 2.39. The fourth-order valence-corrected chi connectivity index (χ4v) is 4.03. The van der Waals surface area contributed by atoms with Crippen molar-refractivity contribution in [3.8, 4) is 0 Å². The van der Waals surface area contributed by atoms with Gasteiger partial charge in [0.2, 0.25) is 0 Å². The number of H-pyrrole nitrogens is 1. The van der Waals surface area contributed by atoms with Gasteiger partial charge in [0.15, 0.2) is 16.5 Å². The van der Waals surface area contributed by atoms with E-state index in [4.69, 9.17) is 15.7 Å². The Morgan fingerprint density at radius 2 is 1.96 bits per heavy atom. The number of hydrogen-bond donors (Lipinski definition) is 3. The zero-order valence-corrected chi connectivity index (χ0v) is 17.4. The molecule has 0 saturated heterocycles. The first kappa shape index (κ1) is 19.2. The monoisotopic (exact) mass is 396 g/mol. The van der Waals surface area contributed by atoms with Crippen LogP contribution in [-0.4, -0.2) is 32.5 Å². The molecule has 6 nitrogen and oxygen atoms in total. The van der Waals surface area contributed by atoms with Gasteiger partial charge in [-0.2, -0.15) is 5.10 Å². The van der Waals surface area contributed by atoms with Crippen LogP contribution in [0.25, 0.3) is 11.0 Å². The van der Waals surface area contributed by atoms with Crippen LogP contribution in [-0.2, 0) is 6.54 Å². The van der Waals surface area contributed by atoms with E-state index in [-0.39, 0.29) is 0 Å². The summed E-state index contributed by atoms with van der Waals surface area (Å²) in [4.78, 5) is 9.50. The first-order valence-corrected chi connectivity index (χ1v) is 11.1. The zero-order chi connectivity index (χ0) is 19.5. The minimum atomic E-state index is 0.541.